The molecule has 0 unspecified atom stereocenters. The Morgan fingerprint density at radius 1 is 0.967 bits per heavy atom. The van der Waals surface area contributed by atoms with E-state index in [1.165, 1.54) is 27.7 Å². The van der Waals surface area contributed by atoms with Crippen LogP contribution in [0.2, 0.25) is 10.0 Å². The highest BCUT2D eigenvalue weighted by atomic mass is 35.5. The van der Waals surface area contributed by atoms with Crippen LogP contribution < -0.4 is 5.32 Å². The molecule has 0 saturated carbocycles. The van der Waals surface area contributed by atoms with E-state index in [0.717, 1.165) is 30.0 Å². The van der Waals surface area contributed by atoms with Crippen molar-refractivity contribution in [3.05, 3.63) is 105 Å². The van der Waals surface area contributed by atoms with E-state index >= 15 is 0 Å². The van der Waals surface area contributed by atoms with Gasteiger partial charge in [0.1, 0.15) is 0 Å². The van der Waals surface area contributed by atoms with Crippen LogP contribution >= 0.6 is 23.2 Å². The summed E-state index contributed by atoms with van der Waals surface area (Å²) < 4.78 is 0. The lowest BCUT2D eigenvalue weighted by atomic mass is 9.77. The molecule has 0 aliphatic carbocycles. The quantitative estimate of drug-likeness (QED) is 0.353. The number of rotatable bonds is 4. The summed E-state index contributed by atoms with van der Waals surface area (Å²) >= 11 is 12.8. The van der Waals surface area contributed by atoms with Crippen molar-refractivity contribution in [3.8, 4) is 0 Å². The van der Waals surface area contributed by atoms with Gasteiger partial charge in [0.25, 0.3) is 0 Å². The van der Waals surface area contributed by atoms with Gasteiger partial charge in [-0.1, -0.05) is 77.8 Å². The number of para-hydroxylation sites is 1. The molecule has 2 heterocycles. The molecule has 2 atom stereocenters. The van der Waals surface area contributed by atoms with Gasteiger partial charge in [0.15, 0.2) is 0 Å². The Balaban J connectivity index is 1.60. The van der Waals surface area contributed by atoms with Gasteiger partial charge in [0.05, 0.1) is 5.54 Å². The minimum absolute atomic E-state index is 0.139. The first-order valence-electron chi connectivity index (χ1n) is 10.4. The fraction of sp³-hybridized carbons (Fsp3) is 0.231. The van der Waals surface area contributed by atoms with E-state index in [1.54, 1.807) is 0 Å². The van der Waals surface area contributed by atoms with Crippen LogP contribution in [-0.4, -0.2) is 11.5 Å². The van der Waals surface area contributed by atoms with E-state index in [-0.39, 0.29) is 11.5 Å². The highest BCUT2D eigenvalue weighted by Gasteiger charge is 2.39. The minimum Gasteiger partial charge on any atom is -0.357 e. The smallest absolute Gasteiger partial charge is 0.0564 e. The number of H-pyrrole nitrogens is 1. The zero-order valence-electron chi connectivity index (χ0n) is 16.9. The van der Waals surface area contributed by atoms with E-state index in [1.807, 2.05) is 12.1 Å². The van der Waals surface area contributed by atoms with Crippen LogP contribution in [0.3, 0.4) is 0 Å². The Kier molecular flexibility index (Phi) is 5.10. The molecule has 152 valence electrons. The first kappa shape index (κ1) is 19.7. The lowest BCUT2D eigenvalue weighted by molar-refractivity contribution is 0.306. The largest absolute Gasteiger partial charge is 0.357 e. The molecular formula is C26H24Cl2N2. The number of halogens is 2. The molecule has 0 radical (unpaired) electrons. The third-order valence-corrected chi connectivity index (χ3v) is 7.00. The van der Waals surface area contributed by atoms with Crippen LogP contribution in [-0.2, 0) is 12.0 Å². The number of aromatic nitrogens is 1. The molecule has 0 amide bonds. The molecule has 30 heavy (non-hydrogen) atoms. The highest BCUT2D eigenvalue weighted by molar-refractivity contribution is 6.35. The van der Waals surface area contributed by atoms with E-state index in [4.69, 9.17) is 23.2 Å². The van der Waals surface area contributed by atoms with Crippen molar-refractivity contribution in [2.24, 2.45) is 0 Å². The second kappa shape index (κ2) is 7.77. The number of fused-ring (bicyclic) bond motifs is 3. The second-order valence-corrected chi connectivity index (χ2v) is 9.22. The maximum absolute atomic E-state index is 6.64. The Bertz CT molecular complexity index is 1200. The van der Waals surface area contributed by atoms with Gasteiger partial charge in [0.2, 0.25) is 0 Å². The zero-order chi connectivity index (χ0) is 20.7. The number of aromatic amines is 1. The van der Waals surface area contributed by atoms with Crippen LogP contribution in [0.5, 0.6) is 0 Å². The van der Waals surface area contributed by atoms with E-state index in [2.05, 4.69) is 77.9 Å². The lowest BCUT2D eigenvalue weighted by Gasteiger charge is -2.39. The maximum atomic E-state index is 6.64. The monoisotopic (exact) mass is 434 g/mol. The highest BCUT2D eigenvalue weighted by Crippen LogP contribution is 2.45. The van der Waals surface area contributed by atoms with Gasteiger partial charge in [-0.15, -0.1) is 0 Å². The SMILES string of the molecule is C[C@@]1(CCc2ccccc2)NC[C@H](c2ccc(Cl)cc2Cl)c2c1[nH]c1ccccc21. The number of hydrogen-bond acceptors (Lipinski definition) is 1. The summed E-state index contributed by atoms with van der Waals surface area (Å²) in [5.41, 5.74) is 6.13. The van der Waals surface area contributed by atoms with Crippen LogP contribution in [0.25, 0.3) is 10.9 Å². The number of aryl methyl sites for hydroxylation is 1. The summed E-state index contributed by atoms with van der Waals surface area (Å²) in [5, 5.41) is 6.51. The standard InChI is InChI=1S/C26H24Cl2N2/c1-26(14-13-17-7-3-2-4-8-17)25-24(20-9-5-6-10-23(20)30-25)21(16-29-26)19-12-11-18(27)15-22(19)28/h2-12,15,21,29-30H,13-14,16H2,1H3/t21-,26+/m1/s1. The summed E-state index contributed by atoms with van der Waals surface area (Å²) in [7, 11) is 0. The predicted octanol–water partition coefficient (Wildman–Crippen LogP) is 7.06. The van der Waals surface area contributed by atoms with Crippen molar-refractivity contribution in [2.75, 3.05) is 6.54 Å². The molecule has 0 saturated heterocycles. The van der Waals surface area contributed by atoms with Crippen molar-refractivity contribution >= 4 is 34.1 Å². The summed E-state index contributed by atoms with van der Waals surface area (Å²) in [4.78, 5) is 3.74. The summed E-state index contributed by atoms with van der Waals surface area (Å²) in [6.07, 6.45) is 2.03. The summed E-state index contributed by atoms with van der Waals surface area (Å²) in [6, 6.07) is 25.1. The molecule has 1 aromatic heterocycles. The van der Waals surface area contributed by atoms with E-state index in [0.29, 0.717) is 5.02 Å². The molecule has 2 nitrogen and oxygen atoms in total. The molecule has 1 aliphatic heterocycles. The molecule has 0 fully saturated rings. The van der Waals surface area contributed by atoms with Gasteiger partial charge in [-0.2, -0.15) is 0 Å². The van der Waals surface area contributed by atoms with Crippen LogP contribution in [0, 0.1) is 0 Å². The van der Waals surface area contributed by atoms with E-state index in [9.17, 15) is 0 Å². The molecule has 4 aromatic rings. The van der Waals surface area contributed by atoms with Gasteiger partial charge in [0, 0.05) is 39.1 Å². The summed E-state index contributed by atoms with van der Waals surface area (Å²) in [5.74, 6) is 0.172. The molecular weight excluding hydrogens is 411 g/mol. The van der Waals surface area contributed by atoms with E-state index < -0.39 is 0 Å². The van der Waals surface area contributed by atoms with Gasteiger partial charge in [-0.3, -0.25) is 0 Å². The Morgan fingerprint density at radius 3 is 2.53 bits per heavy atom. The fourth-order valence-corrected chi connectivity index (χ4v) is 5.32. The first-order valence-corrected chi connectivity index (χ1v) is 11.2. The Hall–Kier alpha value is -2.26. The molecule has 2 N–H and O–H groups in total. The average Bonchev–Trinajstić information content (AvgIpc) is 3.15. The Morgan fingerprint density at radius 2 is 1.73 bits per heavy atom. The van der Waals surface area contributed by atoms with Crippen molar-refractivity contribution in [2.45, 2.75) is 31.2 Å². The lowest BCUT2D eigenvalue weighted by Crippen LogP contribution is -2.47. The van der Waals surface area contributed by atoms with Crippen LogP contribution in [0.1, 0.15) is 41.6 Å². The topological polar surface area (TPSA) is 27.8 Å². The average molecular weight is 435 g/mol. The van der Waals surface area contributed by atoms with Crippen molar-refractivity contribution in [3.63, 3.8) is 0 Å². The predicted molar refractivity (Wildman–Crippen MR) is 127 cm³/mol. The van der Waals surface area contributed by atoms with Gasteiger partial charge in [-0.05, 0) is 54.7 Å². The van der Waals surface area contributed by atoms with Crippen LogP contribution in [0.4, 0.5) is 0 Å². The van der Waals surface area contributed by atoms with Gasteiger partial charge >= 0.3 is 0 Å². The number of nitrogens with one attached hydrogen (secondary N) is 2. The van der Waals surface area contributed by atoms with Crippen LogP contribution in [0.15, 0.2) is 72.8 Å². The molecule has 3 aromatic carbocycles. The second-order valence-electron chi connectivity index (χ2n) is 8.38. The van der Waals surface area contributed by atoms with Crippen molar-refractivity contribution in [1.82, 2.24) is 10.3 Å². The first-order chi connectivity index (χ1) is 14.5. The van der Waals surface area contributed by atoms with Crippen molar-refractivity contribution < 1.29 is 0 Å². The molecule has 0 bridgehead atoms. The third kappa shape index (κ3) is 3.43. The van der Waals surface area contributed by atoms with Crippen molar-refractivity contribution in [1.29, 1.82) is 0 Å². The number of benzene rings is 3. The molecule has 1 aliphatic rings. The van der Waals surface area contributed by atoms with Gasteiger partial charge < -0.3 is 10.3 Å². The summed E-state index contributed by atoms with van der Waals surface area (Å²) in [6.45, 7) is 3.14. The zero-order valence-corrected chi connectivity index (χ0v) is 18.4. The fourth-order valence-electron chi connectivity index (χ4n) is 4.78. The molecule has 4 heteroatoms. The molecule has 5 rings (SSSR count). The molecule has 0 spiro atoms. The Labute approximate surface area is 187 Å². The normalized spacial score (nSPS) is 21.0. The third-order valence-electron chi connectivity index (χ3n) is 6.44. The number of hydrogen-bond donors (Lipinski definition) is 2. The van der Waals surface area contributed by atoms with Gasteiger partial charge in [-0.25, -0.2) is 0 Å². The minimum atomic E-state index is -0.139. The maximum Gasteiger partial charge on any atom is 0.0564 e.